The van der Waals surface area contributed by atoms with Crippen LogP contribution in [-0.2, 0) is 0 Å². The van der Waals surface area contributed by atoms with E-state index in [-0.39, 0.29) is 11.9 Å². The van der Waals surface area contributed by atoms with Crippen molar-refractivity contribution < 1.29 is 4.39 Å². The van der Waals surface area contributed by atoms with Gasteiger partial charge in [0, 0.05) is 12.2 Å². The number of nitrogens with zero attached hydrogens (tertiary/aromatic N) is 1. The Morgan fingerprint density at radius 1 is 1.21 bits per heavy atom. The number of benzene rings is 1. The molecule has 1 aromatic heterocycles. The Balaban J connectivity index is 2.25. The summed E-state index contributed by atoms with van der Waals surface area (Å²) in [6.07, 6.45) is 1.67. The lowest BCUT2D eigenvalue weighted by Crippen LogP contribution is -2.09. The zero-order chi connectivity index (χ0) is 14.0. The van der Waals surface area contributed by atoms with Crippen LogP contribution in [0.15, 0.2) is 30.5 Å². The molecule has 0 spiro atoms. The maximum Gasteiger partial charge on any atom is 0.152 e. The van der Waals surface area contributed by atoms with Gasteiger partial charge in [0.1, 0.15) is 5.82 Å². The Bertz CT molecular complexity index is 578. The number of halogens is 2. The van der Waals surface area contributed by atoms with Gasteiger partial charge in [0.05, 0.1) is 5.69 Å². The maximum atomic E-state index is 13.6. The predicted octanol–water partition coefficient (Wildman–Crippen LogP) is 4.66. The molecule has 2 aromatic rings. The van der Waals surface area contributed by atoms with Crippen molar-refractivity contribution in [1.82, 2.24) is 4.98 Å². The smallest absolute Gasteiger partial charge is 0.152 e. The minimum absolute atomic E-state index is 0.0458. The van der Waals surface area contributed by atoms with Crippen LogP contribution in [0.2, 0.25) is 5.15 Å². The van der Waals surface area contributed by atoms with Crippen molar-refractivity contribution >= 4 is 17.3 Å². The Morgan fingerprint density at radius 2 is 1.95 bits per heavy atom. The molecule has 0 aliphatic carbocycles. The van der Waals surface area contributed by atoms with Crippen LogP contribution >= 0.6 is 11.6 Å². The molecule has 100 valence electrons. The van der Waals surface area contributed by atoms with Crippen LogP contribution in [0.25, 0.3) is 0 Å². The van der Waals surface area contributed by atoms with E-state index in [0.717, 1.165) is 16.8 Å². The summed E-state index contributed by atoms with van der Waals surface area (Å²) in [6.45, 7) is 5.67. The summed E-state index contributed by atoms with van der Waals surface area (Å²) in [6, 6.07) is 7.08. The highest BCUT2D eigenvalue weighted by molar-refractivity contribution is 6.32. The molecule has 1 aromatic carbocycles. The highest BCUT2D eigenvalue weighted by Crippen LogP contribution is 2.28. The van der Waals surface area contributed by atoms with Crippen molar-refractivity contribution in [1.29, 1.82) is 0 Å². The zero-order valence-electron chi connectivity index (χ0n) is 11.2. The normalized spacial score (nSPS) is 12.3. The molecule has 1 atom stereocenters. The monoisotopic (exact) mass is 278 g/mol. The first-order chi connectivity index (χ1) is 8.99. The van der Waals surface area contributed by atoms with Crippen molar-refractivity contribution in [2.45, 2.75) is 26.8 Å². The molecule has 0 amide bonds. The quantitative estimate of drug-likeness (QED) is 0.826. The molecule has 0 bridgehead atoms. The predicted molar refractivity (Wildman–Crippen MR) is 77.2 cm³/mol. The lowest BCUT2D eigenvalue weighted by atomic mass is 10.1. The molecule has 0 fully saturated rings. The van der Waals surface area contributed by atoms with Gasteiger partial charge in [-0.15, -0.1) is 0 Å². The van der Waals surface area contributed by atoms with Crippen molar-refractivity contribution in [3.63, 3.8) is 0 Å². The molecular weight excluding hydrogens is 263 g/mol. The van der Waals surface area contributed by atoms with Gasteiger partial charge >= 0.3 is 0 Å². The third-order valence-corrected chi connectivity index (χ3v) is 3.46. The van der Waals surface area contributed by atoms with Crippen LogP contribution in [-0.4, -0.2) is 4.98 Å². The van der Waals surface area contributed by atoms with E-state index >= 15 is 0 Å². The minimum Gasteiger partial charge on any atom is -0.376 e. The third kappa shape index (κ3) is 3.04. The van der Waals surface area contributed by atoms with Gasteiger partial charge in [-0.05, 0) is 49.6 Å². The lowest BCUT2D eigenvalue weighted by molar-refractivity contribution is 0.614. The minimum atomic E-state index is -0.194. The summed E-state index contributed by atoms with van der Waals surface area (Å²) >= 11 is 6.07. The number of pyridine rings is 1. The van der Waals surface area contributed by atoms with E-state index in [4.69, 9.17) is 11.6 Å². The van der Waals surface area contributed by atoms with Crippen LogP contribution in [0.1, 0.15) is 29.7 Å². The first kappa shape index (κ1) is 13.8. The van der Waals surface area contributed by atoms with Gasteiger partial charge in [-0.1, -0.05) is 23.7 Å². The van der Waals surface area contributed by atoms with Gasteiger partial charge in [-0.2, -0.15) is 0 Å². The van der Waals surface area contributed by atoms with E-state index in [0.29, 0.717) is 10.7 Å². The van der Waals surface area contributed by atoms with E-state index in [9.17, 15) is 4.39 Å². The number of aryl methyl sites for hydroxylation is 2. The molecule has 19 heavy (non-hydrogen) atoms. The zero-order valence-corrected chi connectivity index (χ0v) is 11.9. The van der Waals surface area contributed by atoms with Gasteiger partial charge in [0.15, 0.2) is 5.15 Å². The average Bonchev–Trinajstić information content (AvgIpc) is 2.37. The molecule has 1 unspecified atom stereocenters. The highest BCUT2D eigenvalue weighted by Gasteiger charge is 2.11. The standard InChI is InChI=1S/C15H16ClFN2/c1-9-4-5-12(8-13(9)17)11(3)19-14-10(2)6-7-18-15(14)16/h4-8,11,19H,1-3H3. The fourth-order valence-electron chi connectivity index (χ4n) is 1.88. The largest absolute Gasteiger partial charge is 0.376 e. The number of aromatic nitrogens is 1. The van der Waals surface area contributed by atoms with E-state index in [1.807, 2.05) is 26.0 Å². The summed E-state index contributed by atoms with van der Waals surface area (Å²) < 4.78 is 13.6. The van der Waals surface area contributed by atoms with Gasteiger partial charge in [0.25, 0.3) is 0 Å². The van der Waals surface area contributed by atoms with Crippen LogP contribution < -0.4 is 5.32 Å². The van der Waals surface area contributed by atoms with Crippen molar-refractivity contribution in [3.8, 4) is 0 Å². The van der Waals surface area contributed by atoms with E-state index < -0.39 is 0 Å². The number of anilines is 1. The first-order valence-corrected chi connectivity index (χ1v) is 6.50. The van der Waals surface area contributed by atoms with Gasteiger partial charge in [-0.25, -0.2) is 9.37 Å². The molecular formula is C15H16ClFN2. The Morgan fingerprint density at radius 3 is 2.58 bits per heavy atom. The van der Waals surface area contributed by atoms with Crippen LogP contribution in [0.3, 0.4) is 0 Å². The number of rotatable bonds is 3. The van der Waals surface area contributed by atoms with Crippen molar-refractivity contribution in [3.05, 3.63) is 58.1 Å². The van der Waals surface area contributed by atoms with E-state index in [2.05, 4.69) is 10.3 Å². The number of nitrogens with one attached hydrogen (secondary N) is 1. The highest BCUT2D eigenvalue weighted by atomic mass is 35.5. The second kappa shape index (κ2) is 5.57. The lowest BCUT2D eigenvalue weighted by Gasteiger charge is -2.18. The molecule has 0 saturated carbocycles. The molecule has 0 aliphatic rings. The summed E-state index contributed by atoms with van der Waals surface area (Å²) in [7, 11) is 0. The van der Waals surface area contributed by atoms with E-state index in [1.54, 1.807) is 25.3 Å². The molecule has 4 heteroatoms. The Kier molecular flexibility index (Phi) is 4.05. The molecule has 2 rings (SSSR count). The SMILES string of the molecule is Cc1ccc(C(C)Nc2c(C)ccnc2Cl)cc1F. The third-order valence-electron chi connectivity index (χ3n) is 3.17. The topological polar surface area (TPSA) is 24.9 Å². The summed E-state index contributed by atoms with van der Waals surface area (Å²) in [5.74, 6) is -0.194. The van der Waals surface area contributed by atoms with E-state index in [1.165, 1.54) is 0 Å². The number of hydrogen-bond donors (Lipinski definition) is 1. The van der Waals surface area contributed by atoms with Crippen molar-refractivity contribution in [2.24, 2.45) is 0 Å². The second-order valence-corrected chi connectivity index (χ2v) is 5.03. The van der Waals surface area contributed by atoms with Crippen molar-refractivity contribution in [2.75, 3.05) is 5.32 Å². The molecule has 1 N–H and O–H groups in total. The van der Waals surface area contributed by atoms with Crippen LogP contribution in [0.5, 0.6) is 0 Å². The average molecular weight is 279 g/mol. The van der Waals surface area contributed by atoms with Crippen LogP contribution in [0.4, 0.5) is 10.1 Å². The fraction of sp³-hybridized carbons (Fsp3) is 0.267. The second-order valence-electron chi connectivity index (χ2n) is 4.67. The number of hydrogen-bond acceptors (Lipinski definition) is 2. The molecule has 2 nitrogen and oxygen atoms in total. The fourth-order valence-corrected chi connectivity index (χ4v) is 2.14. The van der Waals surface area contributed by atoms with Crippen LogP contribution in [0, 0.1) is 19.7 Å². The molecule has 0 radical (unpaired) electrons. The summed E-state index contributed by atoms with van der Waals surface area (Å²) in [5.41, 5.74) is 3.33. The molecule has 0 saturated heterocycles. The Labute approximate surface area is 117 Å². The van der Waals surface area contributed by atoms with Gasteiger partial charge in [0.2, 0.25) is 0 Å². The summed E-state index contributed by atoms with van der Waals surface area (Å²) in [5, 5.41) is 3.71. The van der Waals surface area contributed by atoms with Gasteiger partial charge in [-0.3, -0.25) is 0 Å². The first-order valence-electron chi connectivity index (χ1n) is 6.12. The molecule has 1 heterocycles. The summed E-state index contributed by atoms with van der Waals surface area (Å²) in [4.78, 5) is 4.05. The molecule has 0 aliphatic heterocycles. The Hall–Kier alpha value is -1.61. The maximum absolute atomic E-state index is 13.6. The van der Waals surface area contributed by atoms with Gasteiger partial charge < -0.3 is 5.32 Å².